The van der Waals surface area contributed by atoms with Gasteiger partial charge in [-0.2, -0.15) is 0 Å². The Balaban J connectivity index is 1.57. The summed E-state index contributed by atoms with van der Waals surface area (Å²) in [5.41, 5.74) is 15.4. The molecule has 6 heteroatoms. The normalized spacial score (nSPS) is 10.3. The van der Waals surface area contributed by atoms with Crippen molar-refractivity contribution in [3.8, 4) is 58.2 Å². The second-order valence-corrected chi connectivity index (χ2v) is 9.89. The minimum Gasteiger partial charge on any atom is -0.506 e. The van der Waals surface area contributed by atoms with Gasteiger partial charge in [0.15, 0.2) is 0 Å². The van der Waals surface area contributed by atoms with Crippen LogP contribution in [-0.2, 0) is 0 Å². The van der Waals surface area contributed by atoms with Gasteiger partial charge in [0, 0.05) is 45.2 Å². The van der Waals surface area contributed by atoms with Crippen LogP contribution in [0.4, 0.5) is 11.4 Å². The maximum atomic E-state index is 9.98. The van der Waals surface area contributed by atoms with E-state index in [9.17, 15) is 10.2 Å². The van der Waals surface area contributed by atoms with Crippen LogP contribution in [0.3, 0.4) is 0 Å². The summed E-state index contributed by atoms with van der Waals surface area (Å²) in [6.07, 6.45) is 0. The summed E-state index contributed by atoms with van der Waals surface area (Å²) in [7, 11) is 0. The minimum absolute atomic E-state index is 0.0314. The Bertz CT molecular complexity index is 2120. The van der Waals surface area contributed by atoms with Gasteiger partial charge in [0.25, 0.3) is 0 Å². The molecule has 0 saturated heterocycles. The third-order valence-corrected chi connectivity index (χ3v) is 6.73. The lowest BCUT2D eigenvalue weighted by atomic mass is 9.99. The van der Waals surface area contributed by atoms with Crippen LogP contribution in [0, 0.1) is 23.7 Å². The summed E-state index contributed by atoms with van der Waals surface area (Å²) in [6.45, 7) is 0. The number of nitrogens with two attached hydrogens (primary N) is 2. The number of aromatic hydroxyl groups is 2. The maximum Gasteiger partial charge on any atom is 0.138 e. The molecule has 0 aliphatic heterocycles. The van der Waals surface area contributed by atoms with E-state index in [0.717, 1.165) is 11.1 Å². The van der Waals surface area contributed by atoms with Crippen LogP contribution in [0.1, 0.15) is 22.3 Å². The van der Waals surface area contributed by atoms with Gasteiger partial charge in [-0.25, -0.2) is 0 Å². The molecule has 0 bridgehead atoms. The first-order valence-corrected chi connectivity index (χ1v) is 13.7. The molecule has 0 spiro atoms. The van der Waals surface area contributed by atoms with Crippen molar-refractivity contribution in [2.45, 2.75) is 0 Å². The molecule has 0 fully saturated rings. The highest BCUT2D eigenvalue weighted by molar-refractivity contribution is 5.99. The quantitative estimate of drug-likeness (QED) is 0.0971. The molecule has 0 aliphatic rings. The summed E-state index contributed by atoms with van der Waals surface area (Å²) >= 11 is 0. The molecule has 0 atom stereocenters. The molecule has 0 aromatic heterocycles. The smallest absolute Gasteiger partial charge is 0.138 e. The Morgan fingerprint density at radius 3 is 1.57 bits per heavy atom. The number of hydrogen-bond donors (Lipinski definition) is 4. The van der Waals surface area contributed by atoms with Crippen molar-refractivity contribution in [3.05, 3.63) is 144 Å². The standard InChI is InChI=1S/C38H26N2O4/c39-32-23-29(16-18-34(32)41)43-36-20-15-28(14-13-26-9-5-2-6-10-26)38-31(36)21-27(12-11-25-7-3-1-4-8-25)22-37(38)44-30-17-19-35(42)33(40)24-30/h1-10,15-24,41-42H,39-40H2. The van der Waals surface area contributed by atoms with Gasteiger partial charge in [0.2, 0.25) is 0 Å². The second-order valence-electron chi connectivity index (χ2n) is 9.89. The highest BCUT2D eigenvalue weighted by atomic mass is 16.5. The van der Waals surface area contributed by atoms with E-state index in [1.807, 2.05) is 84.9 Å². The molecule has 0 radical (unpaired) electrons. The van der Waals surface area contributed by atoms with E-state index in [1.54, 1.807) is 24.3 Å². The van der Waals surface area contributed by atoms with Crippen molar-refractivity contribution in [3.63, 3.8) is 0 Å². The summed E-state index contributed by atoms with van der Waals surface area (Å²) in [5, 5.41) is 21.3. The average molecular weight is 575 g/mol. The molecule has 0 saturated carbocycles. The maximum absolute atomic E-state index is 9.98. The van der Waals surface area contributed by atoms with Crippen molar-refractivity contribution in [1.82, 2.24) is 0 Å². The lowest BCUT2D eigenvalue weighted by Gasteiger charge is -2.16. The van der Waals surface area contributed by atoms with Gasteiger partial charge in [-0.05, 0) is 72.8 Å². The number of rotatable bonds is 4. The topological polar surface area (TPSA) is 111 Å². The summed E-state index contributed by atoms with van der Waals surface area (Å²) in [6, 6.07) is 36.2. The zero-order valence-electron chi connectivity index (χ0n) is 23.4. The zero-order chi connectivity index (χ0) is 30.5. The molecule has 0 unspecified atom stereocenters. The van der Waals surface area contributed by atoms with Crippen LogP contribution in [-0.4, -0.2) is 10.2 Å². The molecular formula is C38H26N2O4. The molecule has 6 nitrogen and oxygen atoms in total. The zero-order valence-corrected chi connectivity index (χ0v) is 23.4. The predicted molar refractivity (Wildman–Crippen MR) is 174 cm³/mol. The number of phenols is 2. The first-order chi connectivity index (χ1) is 21.4. The number of ether oxygens (including phenoxy) is 2. The van der Waals surface area contributed by atoms with Crippen LogP contribution < -0.4 is 20.9 Å². The van der Waals surface area contributed by atoms with Crippen molar-refractivity contribution < 1.29 is 19.7 Å². The lowest BCUT2D eigenvalue weighted by Crippen LogP contribution is -1.95. The SMILES string of the molecule is Nc1cc(Oc2ccc(C#Cc3ccccc3)c3c(Oc4ccc(O)c(N)c4)cc(C#Cc4ccccc4)cc23)ccc1O. The lowest BCUT2D eigenvalue weighted by molar-refractivity contribution is 0.467. The third kappa shape index (κ3) is 6.21. The van der Waals surface area contributed by atoms with Gasteiger partial charge < -0.3 is 31.2 Å². The van der Waals surface area contributed by atoms with Crippen LogP contribution in [0.15, 0.2) is 121 Å². The summed E-state index contributed by atoms with van der Waals surface area (Å²) in [5.74, 6) is 14.8. The van der Waals surface area contributed by atoms with Crippen molar-refractivity contribution in [2.24, 2.45) is 0 Å². The number of fused-ring (bicyclic) bond motifs is 1. The van der Waals surface area contributed by atoms with Gasteiger partial charge >= 0.3 is 0 Å². The van der Waals surface area contributed by atoms with Crippen LogP contribution in [0.25, 0.3) is 10.8 Å². The first kappa shape index (κ1) is 27.7. The average Bonchev–Trinajstić information content (AvgIpc) is 3.04. The summed E-state index contributed by atoms with van der Waals surface area (Å²) < 4.78 is 12.7. The number of nitrogen functional groups attached to an aromatic ring is 2. The fraction of sp³-hybridized carbons (Fsp3) is 0. The molecule has 6 N–H and O–H groups in total. The number of phenolic OH excluding ortho intramolecular Hbond substituents is 2. The number of benzene rings is 6. The van der Waals surface area contributed by atoms with E-state index >= 15 is 0 Å². The van der Waals surface area contributed by atoms with Gasteiger partial charge in [-0.15, -0.1) is 0 Å². The molecule has 212 valence electrons. The summed E-state index contributed by atoms with van der Waals surface area (Å²) in [4.78, 5) is 0. The monoisotopic (exact) mass is 574 g/mol. The van der Waals surface area contributed by atoms with Crippen LogP contribution >= 0.6 is 0 Å². The molecule has 6 rings (SSSR count). The molecule has 0 amide bonds. The minimum atomic E-state index is -0.0389. The van der Waals surface area contributed by atoms with Crippen LogP contribution in [0.2, 0.25) is 0 Å². The molecule has 6 aromatic rings. The Morgan fingerprint density at radius 1 is 0.477 bits per heavy atom. The predicted octanol–water partition coefficient (Wildman–Crippen LogP) is 7.80. The second kappa shape index (κ2) is 12.2. The third-order valence-electron chi connectivity index (χ3n) is 6.73. The molecule has 0 heterocycles. The van der Waals surface area contributed by atoms with Crippen molar-refractivity contribution in [1.29, 1.82) is 0 Å². The fourth-order valence-electron chi connectivity index (χ4n) is 4.54. The Hall–Kier alpha value is -6.50. The number of anilines is 2. The van der Waals surface area contributed by atoms with Gasteiger partial charge in [0.05, 0.1) is 11.4 Å². The Labute approximate surface area is 254 Å². The van der Waals surface area contributed by atoms with E-state index in [4.69, 9.17) is 20.9 Å². The van der Waals surface area contributed by atoms with E-state index in [-0.39, 0.29) is 22.9 Å². The molecule has 44 heavy (non-hydrogen) atoms. The molecule has 6 aromatic carbocycles. The molecule has 0 aliphatic carbocycles. The van der Waals surface area contributed by atoms with Gasteiger partial charge in [0.1, 0.15) is 34.5 Å². The molecular weight excluding hydrogens is 548 g/mol. The van der Waals surface area contributed by atoms with Gasteiger partial charge in [-0.3, -0.25) is 0 Å². The number of hydrogen-bond acceptors (Lipinski definition) is 6. The van der Waals surface area contributed by atoms with Gasteiger partial charge in [-0.1, -0.05) is 60.1 Å². The van der Waals surface area contributed by atoms with E-state index in [2.05, 4.69) is 23.7 Å². The first-order valence-electron chi connectivity index (χ1n) is 13.7. The van der Waals surface area contributed by atoms with E-state index in [1.165, 1.54) is 12.1 Å². The highest BCUT2D eigenvalue weighted by Gasteiger charge is 2.16. The highest BCUT2D eigenvalue weighted by Crippen LogP contribution is 2.41. The Morgan fingerprint density at radius 2 is 1.00 bits per heavy atom. The fourth-order valence-corrected chi connectivity index (χ4v) is 4.54. The van der Waals surface area contributed by atoms with Crippen molar-refractivity contribution in [2.75, 3.05) is 11.5 Å². The van der Waals surface area contributed by atoms with Crippen molar-refractivity contribution >= 4 is 22.1 Å². The van der Waals surface area contributed by atoms with Crippen LogP contribution in [0.5, 0.6) is 34.5 Å². The largest absolute Gasteiger partial charge is 0.506 e. The Kier molecular flexibility index (Phi) is 7.65. The van der Waals surface area contributed by atoms with E-state index in [0.29, 0.717) is 44.9 Å². The van der Waals surface area contributed by atoms with E-state index < -0.39 is 0 Å².